The predicted molar refractivity (Wildman–Crippen MR) is 63.7 cm³/mol. The first-order valence-electron chi connectivity index (χ1n) is 5.80. The number of carbonyl (C=O) groups is 1. The Labute approximate surface area is 103 Å². The maximum absolute atomic E-state index is 13.5. The van der Waals surface area contributed by atoms with Gasteiger partial charge < -0.3 is 10.1 Å². The number of imidazole rings is 1. The molecule has 1 heterocycles. The van der Waals surface area contributed by atoms with Crippen LogP contribution in [0, 0.1) is 17.2 Å². The molecule has 0 amide bonds. The minimum atomic E-state index is -0.828. The number of nitrogens with zero attached hydrogens (tertiary/aromatic N) is 1. The first-order chi connectivity index (χ1) is 8.43. The molecule has 0 spiro atoms. The zero-order valence-corrected chi connectivity index (χ0v) is 10.1. The van der Waals surface area contributed by atoms with Crippen molar-refractivity contribution >= 4 is 17.0 Å². The molecule has 0 radical (unpaired) electrons. The Morgan fingerprint density at radius 2 is 2.22 bits per heavy atom. The van der Waals surface area contributed by atoms with E-state index in [2.05, 4.69) is 9.97 Å². The molecule has 1 aliphatic carbocycles. The van der Waals surface area contributed by atoms with E-state index in [-0.39, 0.29) is 22.7 Å². The molecule has 1 aromatic carbocycles. The molecule has 1 saturated carbocycles. The van der Waals surface area contributed by atoms with Crippen LogP contribution in [0.2, 0.25) is 0 Å². The van der Waals surface area contributed by atoms with Crippen LogP contribution in [0.15, 0.2) is 18.2 Å². The van der Waals surface area contributed by atoms with Gasteiger partial charge in [-0.05, 0) is 17.5 Å². The Morgan fingerprint density at radius 3 is 2.78 bits per heavy atom. The first kappa shape index (κ1) is 11.2. The second kappa shape index (κ2) is 3.31. The fourth-order valence-electron chi connectivity index (χ4n) is 2.77. The molecular formula is C13H13FN2O2. The smallest absolute Gasteiger partial charge is 0.307 e. The number of hydrogen-bond acceptors (Lipinski definition) is 2. The molecule has 1 fully saturated rings. The third-order valence-electron chi connectivity index (χ3n) is 3.87. The van der Waals surface area contributed by atoms with E-state index in [1.165, 1.54) is 6.07 Å². The van der Waals surface area contributed by atoms with Crippen molar-refractivity contribution in [3.05, 3.63) is 29.8 Å². The number of nitrogens with one attached hydrogen (secondary N) is 1. The topological polar surface area (TPSA) is 66.0 Å². The predicted octanol–water partition coefficient (Wildman–Crippen LogP) is 2.53. The molecule has 3 rings (SSSR count). The van der Waals surface area contributed by atoms with Crippen molar-refractivity contribution in [3.8, 4) is 0 Å². The van der Waals surface area contributed by atoms with Gasteiger partial charge >= 0.3 is 5.97 Å². The second-order valence-corrected chi connectivity index (χ2v) is 5.37. The lowest BCUT2D eigenvalue weighted by molar-refractivity contribution is -0.139. The summed E-state index contributed by atoms with van der Waals surface area (Å²) in [5.74, 6) is -1.29. The minimum Gasteiger partial charge on any atom is -0.481 e. The van der Waals surface area contributed by atoms with Crippen molar-refractivity contribution in [1.29, 1.82) is 0 Å². The fraction of sp³-hybridized carbons (Fsp3) is 0.385. The molecule has 2 N–H and O–H groups in total. The molecule has 2 atom stereocenters. The molecule has 0 saturated heterocycles. The SMILES string of the molecule is CC1(C)C(C(=O)O)C1c1nc2c(F)cccc2[nH]1. The maximum Gasteiger partial charge on any atom is 0.307 e. The Morgan fingerprint density at radius 1 is 1.50 bits per heavy atom. The van der Waals surface area contributed by atoms with E-state index in [0.717, 1.165) is 0 Å². The maximum atomic E-state index is 13.5. The molecule has 94 valence electrons. The average molecular weight is 248 g/mol. The van der Waals surface area contributed by atoms with Gasteiger partial charge in [0.05, 0.1) is 11.4 Å². The van der Waals surface area contributed by atoms with Crippen molar-refractivity contribution in [2.75, 3.05) is 0 Å². The van der Waals surface area contributed by atoms with Gasteiger partial charge in [-0.3, -0.25) is 4.79 Å². The van der Waals surface area contributed by atoms with Gasteiger partial charge in [0, 0.05) is 5.92 Å². The molecule has 2 unspecified atom stereocenters. The van der Waals surface area contributed by atoms with Gasteiger partial charge in [-0.1, -0.05) is 19.9 Å². The lowest BCUT2D eigenvalue weighted by Crippen LogP contribution is -2.03. The Bertz CT molecular complexity index is 647. The lowest BCUT2D eigenvalue weighted by Gasteiger charge is -1.97. The summed E-state index contributed by atoms with van der Waals surface area (Å²) in [4.78, 5) is 18.4. The number of H-pyrrole nitrogens is 1. The highest BCUT2D eigenvalue weighted by atomic mass is 19.1. The quantitative estimate of drug-likeness (QED) is 0.858. The number of hydrogen-bond donors (Lipinski definition) is 2. The summed E-state index contributed by atoms with van der Waals surface area (Å²) in [5.41, 5.74) is 0.548. The Balaban J connectivity index is 2.07. The van der Waals surface area contributed by atoms with Crippen LogP contribution in [-0.4, -0.2) is 21.0 Å². The monoisotopic (exact) mass is 248 g/mol. The van der Waals surface area contributed by atoms with Gasteiger partial charge in [-0.2, -0.15) is 0 Å². The minimum absolute atomic E-state index is 0.179. The summed E-state index contributed by atoms with van der Waals surface area (Å²) < 4.78 is 13.5. The molecular weight excluding hydrogens is 235 g/mol. The van der Waals surface area contributed by atoms with E-state index in [1.54, 1.807) is 12.1 Å². The van der Waals surface area contributed by atoms with E-state index < -0.39 is 11.9 Å². The van der Waals surface area contributed by atoms with Crippen LogP contribution in [0.4, 0.5) is 4.39 Å². The molecule has 5 heteroatoms. The molecule has 18 heavy (non-hydrogen) atoms. The normalized spacial score (nSPS) is 25.3. The summed E-state index contributed by atoms with van der Waals surface area (Å²) in [6.45, 7) is 3.78. The Hall–Kier alpha value is -1.91. The number of aromatic amines is 1. The number of carboxylic acids is 1. The van der Waals surface area contributed by atoms with Crippen LogP contribution in [0.1, 0.15) is 25.6 Å². The summed E-state index contributed by atoms with van der Waals surface area (Å²) in [5, 5.41) is 9.13. The van der Waals surface area contributed by atoms with Gasteiger partial charge in [0.1, 0.15) is 11.3 Å². The number of benzene rings is 1. The number of fused-ring (bicyclic) bond motifs is 1. The molecule has 0 aliphatic heterocycles. The van der Waals surface area contributed by atoms with E-state index in [0.29, 0.717) is 11.3 Å². The van der Waals surface area contributed by atoms with E-state index in [1.807, 2.05) is 13.8 Å². The summed E-state index contributed by atoms with van der Waals surface area (Å²) in [7, 11) is 0. The summed E-state index contributed by atoms with van der Waals surface area (Å²) in [6.07, 6.45) is 0. The van der Waals surface area contributed by atoms with Crippen LogP contribution in [-0.2, 0) is 4.79 Å². The summed E-state index contributed by atoms with van der Waals surface area (Å²) >= 11 is 0. The van der Waals surface area contributed by atoms with E-state index in [9.17, 15) is 9.18 Å². The van der Waals surface area contributed by atoms with Crippen molar-refractivity contribution in [1.82, 2.24) is 9.97 Å². The van der Waals surface area contributed by atoms with Crippen LogP contribution in [0.3, 0.4) is 0 Å². The Kier molecular flexibility index (Phi) is 2.06. The molecule has 1 aliphatic rings. The van der Waals surface area contributed by atoms with Gasteiger partial charge in [0.2, 0.25) is 0 Å². The number of halogens is 1. The molecule has 1 aromatic heterocycles. The lowest BCUT2D eigenvalue weighted by atomic mass is 10.1. The molecule has 4 nitrogen and oxygen atoms in total. The molecule has 0 bridgehead atoms. The standard InChI is InChI=1S/C13H13FN2O2/c1-13(2)8(9(13)12(17)18)11-15-7-5-3-4-6(14)10(7)16-11/h3-5,8-9H,1-2H3,(H,15,16)(H,17,18). The first-order valence-corrected chi connectivity index (χ1v) is 5.80. The highest BCUT2D eigenvalue weighted by Gasteiger charge is 2.64. The summed E-state index contributed by atoms with van der Waals surface area (Å²) in [6, 6.07) is 4.69. The highest BCUT2D eigenvalue weighted by molar-refractivity contribution is 5.79. The largest absolute Gasteiger partial charge is 0.481 e. The van der Waals surface area contributed by atoms with Crippen molar-refractivity contribution in [2.45, 2.75) is 19.8 Å². The van der Waals surface area contributed by atoms with Crippen molar-refractivity contribution < 1.29 is 14.3 Å². The van der Waals surface area contributed by atoms with Crippen molar-refractivity contribution in [3.63, 3.8) is 0 Å². The van der Waals surface area contributed by atoms with Crippen LogP contribution >= 0.6 is 0 Å². The van der Waals surface area contributed by atoms with Gasteiger partial charge in [0.15, 0.2) is 5.82 Å². The van der Waals surface area contributed by atoms with Crippen molar-refractivity contribution in [2.24, 2.45) is 11.3 Å². The van der Waals surface area contributed by atoms with Crippen LogP contribution in [0.25, 0.3) is 11.0 Å². The molecule has 2 aromatic rings. The van der Waals surface area contributed by atoms with E-state index >= 15 is 0 Å². The number of para-hydroxylation sites is 1. The number of aliphatic carboxylic acids is 1. The second-order valence-electron chi connectivity index (χ2n) is 5.37. The van der Waals surface area contributed by atoms with E-state index in [4.69, 9.17) is 5.11 Å². The number of rotatable bonds is 2. The fourth-order valence-corrected chi connectivity index (χ4v) is 2.77. The van der Waals surface area contributed by atoms with Crippen LogP contribution in [0.5, 0.6) is 0 Å². The zero-order chi connectivity index (χ0) is 13.1. The third kappa shape index (κ3) is 1.36. The highest BCUT2D eigenvalue weighted by Crippen LogP contribution is 2.63. The number of carboxylic acid groups (broad SMARTS) is 1. The van der Waals surface area contributed by atoms with Crippen LogP contribution < -0.4 is 0 Å². The average Bonchev–Trinajstić information content (AvgIpc) is 2.68. The van der Waals surface area contributed by atoms with Gasteiger partial charge in [-0.15, -0.1) is 0 Å². The number of aromatic nitrogens is 2. The van der Waals surface area contributed by atoms with Gasteiger partial charge in [0.25, 0.3) is 0 Å². The van der Waals surface area contributed by atoms with Gasteiger partial charge in [-0.25, -0.2) is 9.37 Å². The zero-order valence-electron chi connectivity index (χ0n) is 10.1. The third-order valence-corrected chi connectivity index (χ3v) is 3.87.